The summed E-state index contributed by atoms with van der Waals surface area (Å²) in [5.41, 5.74) is 9.99. The molecular formula is C11H17IN4S. The van der Waals surface area contributed by atoms with Crippen LogP contribution in [0.5, 0.6) is 0 Å². The van der Waals surface area contributed by atoms with Gasteiger partial charge in [-0.05, 0) is 42.0 Å². The van der Waals surface area contributed by atoms with Gasteiger partial charge in [0.05, 0.1) is 27.4 Å². The van der Waals surface area contributed by atoms with E-state index in [0.717, 1.165) is 10.0 Å². The average Bonchev–Trinajstić information content (AvgIpc) is 2.16. The highest BCUT2D eigenvalue weighted by Crippen LogP contribution is 2.16. The van der Waals surface area contributed by atoms with E-state index in [1.54, 1.807) is 6.21 Å². The summed E-state index contributed by atoms with van der Waals surface area (Å²) in [7, 11) is 6.37. The standard InChI is InChI=1S/C11H16N4S.HI/c1-15(2,3)10-6-4-9(5-7-10)8-13-14-11(12)16;/h4-8H,1-3H3,(H2-,12,14,16);1H/b13-8+;. The molecule has 0 radical (unpaired) electrons. The summed E-state index contributed by atoms with van der Waals surface area (Å²) in [5, 5.41) is 4.05. The van der Waals surface area contributed by atoms with Crippen molar-refractivity contribution in [1.29, 1.82) is 0 Å². The molecule has 0 unspecified atom stereocenters. The van der Waals surface area contributed by atoms with Crippen LogP contribution in [0, 0.1) is 0 Å². The van der Waals surface area contributed by atoms with Gasteiger partial charge in [0.1, 0.15) is 5.69 Å². The highest BCUT2D eigenvalue weighted by atomic mass is 127. The Balaban J connectivity index is 0.00000256. The highest BCUT2D eigenvalue weighted by Gasteiger charge is 2.10. The Hall–Kier alpha value is -0.730. The van der Waals surface area contributed by atoms with Crippen LogP contribution in [0.15, 0.2) is 29.4 Å². The van der Waals surface area contributed by atoms with Crippen LogP contribution in [-0.4, -0.2) is 32.5 Å². The number of benzene rings is 1. The maximum Gasteiger partial charge on any atom is 0.184 e. The minimum atomic E-state index is 0. The SMILES string of the molecule is C[N+](C)(C)c1ccc(/C=N/NC(N)=S)cc1.[I-]. The molecule has 0 aliphatic carbocycles. The second-order valence-electron chi connectivity index (χ2n) is 4.34. The number of hydrogen-bond donors (Lipinski definition) is 2. The molecule has 0 amide bonds. The minimum absolute atomic E-state index is 0. The highest BCUT2D eigenvalue weighted by molar-refractivity contribution is 7.80. The van der Waals surface area contributed by atoms with E-state index in [1.165, 1.54) is 5.69 Å². The molecule has 0 saturated heterocycles. The molecule has 4 nitrogen and oxygen atoms in total. The molecule has 17 heavy (non-hydrogen) atoms. The number of thiocarbonyl (C=S) groups is 1. The van der Waals surface area contributed by atoms with Gasteiger partial charge in [-0.15, -0.1) is 0 Å². The first-order valence-electron chi connectivity index (χ1n) is 4.90. The Morgan fingerprint density at radius 2 is 1.82 bits per heavy atom. The number of nitrogens with two attached hydrogens (primary N) is 1. The van der Waals surface area contributed by atoms with Gasteiger partial charge < -0.3 is 29.7 Å². The zero-order chi connectivity index (χ0) is 12.2. The molecule has 0 fully saturated rings. The Morgan fingerprint density at radius 3 is 2.24 bits per heavy atom. The number of hydrazone groups is 1. The van der Waals surface area contributed by atoms with E-state index in [4.69, 9.17) is 5.73 Å². The predicted octanol–water partition coefficient (Wildman–Crippen LogP) is -1.95. The average molecular weight is 364 g/mol. The smallest absolute Gasteiger partial charge is 0.184 e. The van der Waals surface area contributed by atoms with Gasteiger partial charge in [0.15, 0.2) is 5.11 Å². The summed E-state index contributed by atoms with van der Waals surface area (Å²) in [5.74, 6) is 0. The molecule has 94 valence electrons. The van der Waals surface area contributed by atoms with Crippen LogP contribution in [0.3, 0.4) is 0 Å². The van der Waals surface area contributed by atoms with Crippen LogP contribution in [0.2, 0.25) is 0 Å². The molecule has 0 bridgehead atoms. The third kappa shape index (κ3) is 5.94. The monoisotopic (exact) mass is 364 g/mol. The van der Waals surface area contributed by atoms with Crippen molar-refractivity contribution < 1.29 is 24.0 Å². The van der Waals surface area contributed by atoms with Gasteiger partial charge in [-0.25, -0.2) is 0 Å². The van der Waals surface area contributed by atoms with Crippen LogP contribution in [0.1, 0.15) is 5.56 Å². The van der Waals surface area contributed by atoms with E-state index in [0.29, 0.717) is 0 Å². The molecule has 0 atom stereocenters. The van der Waals surface area contributed by atoms with Crippen LogP contribution in [0.25, 0.3) is 0 Å². The molecule has 1 aromatic carbocycles. The second-order valence-corrected chi connectivity index (χ2v) is 4.78. The second kappa shape index (κ2) is 6.87. The lowest BCUT2D eigenvalue weighted by molar-refractivity contribution is -0.00000361. The lowest BCUT2D eigenvalue weighted by atomic mass is 10.2. The molecule has 0 aromatic heterocycles. The largest absolute Gasteiger partial charge is 1.00 e. The third-order valence-corrected chi connectivity index (χ3v) is 2.15. The van der Waals surface area contributed by atoms with Gasteiger partial charge in [-0.3, -0.25) is 9.91 Å². The number of nitrogens with one attached hydrogen (secondary N) is 1. The fourth-order valence-electron chi connectivity index (χ4n) is 1.18. The predicted molar refractivity (Wildman–Crippen MR) is 73.5 cm³/mol. The summed E-state index contributed by atoms with van der Waals surface area (Å²) >= 11 is 4.63. The summed E-state index contributed by atoms with van der Waals surface area (Å²) < 4.78 is 0.794. The van der Waals surface area contributed by atoms with Gasteiger partial charge in [-0.2, -0.15) is 5.10 Å². The van der Waals surface area contributed by atoms with Gasteiger partial charge in [0.25, 0.3) is 0 Å². The molecule has 1 rings (SSSR count). The Bertz CT molecular complexity index is 395. The lowest BCUT2D eigenvalue weighted by Crippen LogP contribution is -3.00. The molecule has 0 spiro atoms. The van der Waals surface area contributed by atoms with Crippen LogP contribution in [0.4, 0.5) is 5.69 Å². The number of nitrogens with zero attached hydrogens (tertiary/aromatic N) is 2. The van der Waals surface area contributed by atoms with Crippen molar-refractivity contribution in [3.63, 3.8) is 0 Å². The number of quaternary nitrogens is 1. The minimum Gasteiger partial charge on any atom is -1.00 e. The van der Waals surface area contributed by atoms with Gasteiger partial charge in [0, 0.05) is 0 Å². The fraction of sp³-hybridized carbons (Fsp3) is 0.273. The van der Waals surface area contributed by atoms with E-state index < -0.39 is 0 Å². The first kappa shape index (κ1) is 16.3. The zero-order valence-electron chi connectivity index (χ0n) is 10.1. The van der Waals surface area contributed by atoms with Crippen molar-refractivity contribution >= 4 is 29.2 Å². The Morgan fingerprint density at radius 1 is 1.29 bits per heavy atom. The van der Waals surface area contributed by atoms with Gasteiger partial charge >= 0.3 is 0 Å². The van der Waals surface area contributed by atoms with E-state index in [9.17, 15) is 0 Å². The van der Waals surface area contributed by atoms with E-state index in [-0.39, 0.29) is 29.1 Å². The fourth-order valence-corrected chi connectivity index (χ4v) is 1.23. The third-order valence-electron chi connectivity index (χ3n) is 2.06. The quantitative estimate of drug-likeness (QED) is 0.216. The van der Waals surface area contributed by atoms with Crippen LogP contribution < -0.4 is 39.6 Å². The number of rotatable bonds is 3. The molecule has 0 saturated carbocycles. The zero-order valence-corrected chi connectivity index (χ0v) is 13.1. The van der Waals surface area contributed by atoms with Crippen molar-refractivity contribution in [3.8, 4) is 0 Å². The van der Waals surface area contributed by atoms with Gasteiger partial charge in [0.2, 0.25) is 0 Å². The molecule has 0 aliphatic rings. The Labute approximate surface area is 124 Å². The van der Waals surface area contributed by atoms with Crippen molar-refractivity contribution in [1.82, 2.24) is 9.91 Å². The van der Waals surface area contributed by atoms with E-state index in [2.05, 4.69) is 56.0 Å². The van der Waals surface area contributed by atoms with E-state index >= 15 is 0 Å². The molecule has 0 aliphatic heterocycles. The van der Waals surface area contributed by atoms with Crippen molar-refractivity contribution in [3.05, 3.63) is 29.8 Å². The number of halogens is 1. The normalized spacial score (nSPS) is 11.0. The van der Waals surface area contributed by atoms with Crippen LogP contribution >= 0.6 is 12.2 Å². The van der Waals surface area contributed by atoms with Crippen molar-refractivity contribution in [2.75, 3.05) is 21.1 Å². The summed E-state index contributed by atoms with van der Waals surface area (Å²) in [6.45, 7) is 0. The summed E-state index contributed by atoms with van der Waals surface area (Å²) in [6, 6.07) is 8.15. The Kier molecular flexibility index (Phi) is 6.58. The lowest BCUT2D eigenvalue weighted by Gasteiger charge is -2.23. The van der Waals surface area contributed by atoms with Crippen molar-refractivity contribution in [2.24, 2.45) is 10.8 Å². The van der Waals surface area contributed by atoms with Crippen molar-refractivity contribution in [2.45, 2.75) is 0 Å². The summed E-state index contributed by atoms with van der Waals surface area (Å²) in [4.78, 5) is 0. The topological polar surface area (TPSA) is 50.4 Å². The van der Waals surface area contributed by atoms with Crippen LogP contribution in [-0.2, 0) is 0 Å². The molecule has 1 aromatic rings. The molecule has 3 N–H and O–H groups in total. The molecule has 6 heteroatoms. The number of hydrogen-bond acceptors (Lipinski definition) is 2. The maximum atomic E-state index is 5.24. The summed E-state index contributed by atoms with van der Waals surface area (Å²) in [6.07, 6.45) is 1.68. The maximum absolute atomic E-state index is 5.24. The first-order chi connectivity index (χ1) is 7.39. The van der Waals surface area contributed by atoms with Gasteiger partial charge in [-0.1, -0.05) is 0 Å². The molecular weight excluding hydrogens is 347 g/mol. The van der Waals surface area contributed by atoms with E-state index in [1.807, 2.05) is 12.1 Å². The first-order valence-corrected chi connectivity index (χ1v) is 5.31. The molecule has 0 heterocycles.